The van der Waals surface area contributed by atoms with E-state index in [1.807, 2.05) is 0 Å². The molecule has 0 amide bonds. The maximum atomic E-state index is 10.0. The van der Waals surface area contributed by atoms with Crippen molar-refractivity contribution in [2.75, 3.05) is 0 Å². The van der Waals surface area contributed by atoms with Crippen LogP contribution in [0.3, 0.4) is 0 Å². The molecule has 2 aromatic heterocycles. The van der Waals surface area contributed by atoms with Gasteiger partial charge in [-0.1, -0.05) is 215 Å². The topological polar surface area (TPSA) is 26.5 Å². The lowest BCUT2D eigenvalue weighted by atomic mass is 9.74. The van der Waals surface area contributed by atoms with Crippen molar-refractivity contribution in [3.05, 3.63) is 252 Å². The largest absolute Gasteiger partial charge is 0.457 e. The molecular weight excluding hydrogens is 933 g/mol. The number of ether oxygens (including phenoxy) is 1. The highest BCUT2D eigenvalue weighted by atomic mass is 32.1. The molecule has 0 radical (unpaired) electrons. The summed E-state index contributed by atoms with van der Waals surface area (Å²) in [5.41, 5.74) is 9.38. The number of para-hydroxylation sites is 1. The summed E-state index contributed by atoms with van der Waals surface area (Å²) in [7, 11) is -2.85. The predicted octanol–water partition coefficient (Wildman–Crippen LogP) is 15.7. The molecule has 11 aromatic rings. The quantitative estimate of drug-likeness (QED) is 0.123. The maximum Gasteiger partial charge on any atom is 0.195 e. The Kier molecular flexibility index (Phi) is 9.59. The van der Waals surface area contributed by atoms with Crippen molar-refractivity contribution in [1.82, 2.24) is 9.38 Å². The summed E-state index contributed by atoms with van der Waals surface area (Å²) in [6, 6.07) is 70.1. The first-order valence-electron chi connectivity index (χ1n) is 27.9. The second kappa shape index (κ2) is 16.9. The average molecular weight is 993 g/mol. The molecule has 74 heavy (non-hydrogen) atoms. The van der Waals surface area contributed by atoms with Crippen molar-refractivity contribution in [2.45, 2.75) is 89.0 Å². The van der Waals surface area contributed by atoms with Crippen LogP contribution in [0, 0.1) is 41.7 Å². The summed E-state index contributed by atoms with van der Waals surface area (Å²) >= 11 is 1.72. The molecule has 4 aliphatic rings. The number of nitrogens with zero attached hydrogens (tertiary/aromatic N) is 2. The molecule has 0 saturated heterocycles. The van der Waals surface area contributed by atoms with Crippen LogP contribution in [0.5, 0.6) is 11.5 Å². The molecule has 3 nitrogen and oxygen atoms in total. The van der Waals surface area contributed by atoms with Gasteiger partial charge < -0.3 is 4.74 Å². The molecule has 2 fully saturated rings. The lowest BCUT2D eigenvalue weighted by molar-refractivity contribution is 0.421. The number of hydrogen-bond donors (Lipinski definition) is 0. The minimum Gasteiger partial charge on any atom is -0.457 e. The van der Waals surface area contributed by atoms with E-state index in [2.05, 4.69) is 213 Å². The van der Waals surface area contributed by atoms with Crippen LogP contribution in [0.15, 0.2) is 188 Å². The Labute approximate surface area is 439 Å². The van der Waals surface area contributed by atoms with E-state index >= 15 is 0 Å². The fourth-order valence-corrected chi connectivity index (χ4v) is 18.5. The molecule has 1 atom stereocenters. The van der Waals surface area contributed by atoms with E-state index in [4.69, 9.17) is 9.72 Å². The Hall–Kier alpha value is -7.31. The van der Waals surface area contributed by atoms with Gasteiger partial charge in [0.25, 0.3) is 0 Å². The first kappa shape index (κ1) is 42.1. The smallest absolute Gasteiger partial charge is 0.195 e. The molecule has 2 saturated carbocycles. The van der Waals surface area contributed by atoms with Crippen LogP contribution in [0.25, 0.3) is 37.3 Å². The van der Waals surface area contributed by atoms with E-state index in [0.29, 0.717) is 0 Å². The number of thiazole rings is 1. The van der Waals surface area contributed by atoms with Crippen LogP contribution >= 0.6 is 11.3 Å². The highest BCUT2D eigenvalue weighted by Crippen LogP contribution is 2.51. The Bertz CT molecular complexity index is 4670. The number of hydrogen-bond acceptors (Lipinski definition) is 3. The highest BCUT2D eigenvalue weighted by molar-refractivity contribution is 7.23. The second-order valence-electron chi connectivity index (χ2n) is 22.0. The molecule has 0 N–H and O–H groups in total. The van der Waals surface area contributed by atoms with Gasteiger partial charge in [0.05, 0.1) is 21.3 Å². The molecule has 1 unspecified atom stereocenters. The van der Waals surface area contributed by atoms with Crippen molar-refractivity contribution in [1.29, 1.82) is 0 Å². The van der Waals surface area contributed by atoms with Crippen molar-refractivity contribution in [2.24, 2.45) is 0 Å². The molecule has 360 valence electrons. The summed E-state index contributed by atoms with van der Waals surface area (Å²) in [5, 5.41) is 13.9. The van der Waals surface area contributed by atoms with Crippen LogP contribution < -0.4 is 20.3 Å². The van der Waals surface area contributed by atoms with Crippen LogP contribution in [0.4, 0.5) is 0 Å². The van der Waals surface area contributed by atoms with Gasteiger partial charge in [-0.15, -0.1) is 0 Å². The minimum absolute atomic E-state index is 0.431. The summed E-state index contributed by atoms with van der Waals surface area (Å²) in [5.74, 6) is 0.644. The van der Waals surface area contributed by atoms with Gasteiger partial charge in [0.15, 0.2) is 4.96 Å². The Morgan fingerprint density at radius 1 is 0.554 bits per heavy atom. The van der Waals surface area contributed by atoms with Crippen LogP contribution in [-0.4, -0.2) is 17.5 Å². The average Bonchev–Trinajstić information content (AvgIpc) is 4.28. The first-order chi connectivity index (χ1) is 37.0. The second-order valence-corrected chi connectivity index (χ2v) is 27.0. The van der Waals surface area contributed by atoms with Crippen molar-refractivity contribution in [3.63, 3.8) is 0 Å². The van der Waals surface area contributed by atoms with Gasteiger partial charge in [0.1, 0.15) is 19.6 Å². The molecular formula is C69H58N2OSSi. The van der Waals surface area contributed by atoms with Gasteiger partial charge in [-0.2, -0.15) is 0 Å². The van der Waals surface area contributed by atoms with Crippen molar-refractivity contribution < 1.29 is 7.48 Å². The van der Waals surface area contributed by atoms with Crippen molar-refractivity contribution >= 4 is 61.2 Å². The molecule has 3 aliphatic carbocycles. The number of benzene rings is 9. The van der Waals surface area contributed by atoms with Gasteiger partial charge in [-0.05, 0) is 142 Å². The molecule has 3 heterocycles. The number of aromatic nitrogens is 2. The first-order valence-corrected chi connectivity index (χ1v) is 30.2. The van der Waals surface area contributed by atoms with Crippen molar-refractivity contribution in [3.8, 4) is 22.6 Å². The van der Waals surface area contributed by atoms with E-state index < -0.39 is 25.3 Å². The van der Waals surface area contributed by atoms with E-state index in [9.17, 15) is 2.74 Å². The molecule has 15 rings (SSSR count). The highest BCUT2D eigenvalue weighted by Gasteiger charge is 2.43. The monoisotopic (exact) mass is 992 g/mol. The zero-order chi connectivity index (χ0) is 51.1. The molecule has 9 aromatic carbocycles. The molecule has 1 aliphatic heterocycles. The number of rotatable bonds is 6. The third-order valence-electron chi connectivity index (χ3n) is 17.7. The molecule has 0 spiro atoms. The molecule has 5 heteroatoms. The lowest BCUT2D eigenvalue weighted by Crippen LogP contribution is -2.65. The van der Waals surface area contributed by atoms with E-state index in [1.165, 1.54) is 67.6 Å². The molecule has 0 bridgehead atoms. The summed E-state index contributed by atoms with van der Waals surface area (Å²) in [6.07, 6.45) is 7.88. The Balaban J connectivity index is 0.913. The fraction of sp³-hybridized carbons (Fsp3) is 0.203. The summed E-state index contributed by atoms with van der Waals surface area (Å²) in [6.45, 7) is 7.25. The third kappa shape index (κ3) is 6.58. The SMILES string of the molecule is [2H]C1(c2ccc3c(c2)sc2nc4c(-c5ccc6c(c5)C(C)(C)c5cccc([Si](C)(c7ccccc7)c7ccc8/c(c7)=c7/cccc/c7=c7\cccc\c7=c7/cccc/c7=8)c5O6)c(C5([2H])CCCC5)ccc4n23)CCCC1. The fourth-order valence-electron chi connectivity index (χ4n) is 13.7. The zero-order valence-corrected chi connectivity index (χ0v) is 44.1. The third-order valence-corrected chi connectivity index (χ3v) is 23.1. The van der Waals surface area contributed by atoms with Gasteiger partial charge >= 0.3 is 0 Å². The normalized spacial score (nSPS) is 19.8. The van der Waals surface area contributed by atoms with Gasteiger partial charge in [-0.25, -0.2) is 4.98 Å². The van der Waals surface area contributed by atoms with Crippen LogP contribution in [0.2, 0.25) is 6.55 Å². The summed E-state index contributed by atoms with van der Waals surface area (Å²) in [4.78, 5) is 6.47. The van der Waals surface area contributed by atoms with Gasteiger partial charge in [0, 0.05) is 24.8 Å². The Morgan fingerprint density at radius 3 is 1.84 bits per heavy atom. The van der Waals surface area contributed by atoms with Crippen LogP contribution in [-0.2, 0) is 5.41 Å². The van der Waals surface area contributed by atoms with Gasteiger partial charge in [0.2, 0.25) is 0 Å². The van der Waals surface area contributed by atoms with Gasteiger partial charge in [-0.3, -0.25) is 4.40 Å². The standard InChI is InChI=1S/C69H58N2OSSi/c1-69(2)58-30-17-31-64(74(3,47-22-5-4-6-23-47)48-34-35-56-54-28-14-13-26-52(54)50-24-11-12-25-51(50)53-27-15-16-29-55(53)57(56)42-48)67(58)72-62-39-33-46(40-59(62)69)65-49(44-20-9-10-21-44)36-38-61-66(65)70-68-71(61)60-37-32-45(41-63(60)73-68)43-18-7-8-19-43/h4-6,11-17,22-44H,7-10,18-21H2,1-3H3/b52-50-,53-51-,56-54-,57-55-/i43D,44D. The lowest BCUT2D eigenvalue weighted by Gasteiger charge is -2.39. The zero-order valence-electron chi connectivity index (χ0n) is 44.3. The summed E-state index contributed by atoms with van der Waals surface area (Å²) < 4.78 is 30.2. The maximum absolute atomic E-state index is 10.0. The number of imidazole rings is 1. The minimum atomic E-state index is -2.85. The van der Waals surface area contributed by atoms with E-state index in [0.717, 1.165) is 112 Å². The van der Waals surface area contributed by atoms with Crippen LogP contribution in [0.1, 0.15) is 102 Å². The van der Waals surface area contributed by atoms with E-state index in [-0.39, 0.29) is 0 Å². The number of fused-ring (bicyclic) bond motifs is 11. The Morgan fingerprint density at radius 2 is 1.16 bits per heavy atom. The predicted molar refractivity (Wildman–Crippen MR) is 308 cm³/mol. The van der Waals surface area contributed by atoms with E-state index in [1.54, 1.807) is 11.3 Å².